The molecule has 26 heavy (non-hydrogen) atoms. The maximum absolute atomic E-state index is 12.5. The van der Waals surface area contributed by atoms with Gasteiger partial charge in [-0.05, 0) is 49.9 Å². The van der Waals surface area contributed by atoms with Crippen LogP contribution in [0.25, 0.3) is 0 Å². The van der Waals surface area contributed by atoms with Gasteiger partial charge < -0.3 is 19.9 Å². The Bertz CT molecular complexity index is 715. The Hall–Kier alpha value is -2.61. The summed E-state index contributed by atoms with van der Waals surface area (Å²) < 4.78 is 10.1. The minimum atomic E-state index is -1.02. The number of aliphatic hydroxyl groups excluding tert-OH is 1. The van der Waals surface area contributed by atoms with E-state index >= 15 is 0 Å². The van der Waals surface area contributed by atoms with Crippen LogP contribution in [-0.4, -0.2) is 59.8 Å². The lowest BCUT2D eigenvalue weighted by Gasteiger charge is -2.22. The van der Waals surface area contributed by atoms with Crippen molar-refractivity contribution in [3.63, 3.8) is 0 Å². The zero-order valence-electron chi connectivity index (χ0n) is 14.7. The number of ether oxygens (including phenoxy) is 2. The summed E-state index contributed by atoms with van der Waals surface area (Å²) in [4.78, 5) is 37.0. The van der Waals surface area contributed by atoms with Crippen molar-refractivity contribution >= 4 is 17.9 Å². The fourth-order valence-electron chi connectivity index (χ4n) is 3.08. The van der Waals surface area contributed by atoms with Crippen molar-refractivity contribution in [2.24, 2.45) is 5.92 Å². The Kier molecular flexibility index (Phi) is 4.86. The molecule has 2 aliphatic rings. The average Bonchev–Trinajstić information content (AvgIpc) is 3.46. The predicted octanol–water partition coefficient (Wildman–Crippen LogP) is 0.933. The van der Waals surface area contributed by atoms with E-state index in [1.54, 1.807) is 31.2 Å². The number of carbonyl (C=O) groups excluding carboxylic acids is 3. The highest BCUT2D eigenvalue weighted by Gasteiger charge is 2.56. The average molecular weight is 362 g/mol. The zero-order valence-corrected chi connectivity index (χ0v) is 14.7. The van der Waals surface area contributed by atoms with E-state index in [2.05, 4.69) is 10.1 Å². The summed E-state index contributed by atoms with van der Waals surface area (Å²) in [5.41, 5.74) is -0.472. The summed E-state index contributed by atoms with van der Waals surface area (Å²) in [7, 11) is 1.30. The number of hydrogen-bond acceptors (Lipinski definition) is 6. The summed E-state index contributed by atoms with van der Waals surface area (Å²) in [5, 5.41) is 12.9. The van der Waals surface area contributed by atoms with Gasteiger partial charge in [-0.3, -0.25) is 9.69 Å². The first-order valence-electron chi connectivity index (χ1n) is 8.48. The maximum atomic E-state index is 12.5. The number of carbonyl (C=O) groups is 3. The standard InChI is InChI=1S/C18H22N2O6/c1-18(12-5-6-12)16(23)20(17(24)19-18)9-13(21)10-26-14-7-3-11(4-8-14)15(22)25-2/h3-4,7-8,12-13,21H,5-6,9-10H2,1-2H3,(H,19,24)/t13-,18-/m0/s1. The van der Waals surface area contributed by atoms with E-state index in [0.29, 0.717) is 11.3 Å². The van der Waals surface area contributed by atoms with E-state index in [1.165, 1.54) is 7.11 Å². The van der Waals surface area contributed by atoms with Crippen LogP contribution in [0, 0.1) is 5.92 Å². The van der Waals surface area contributed by atoms with Crippen molar-refractivity contribution in [2.75, 3.05) is 20.3 Å². The Balaban J connectivity index is 1.52. The Morgan fingerprint density at radius 1 is 1.35 bits per heavy atom. The topological polar surface area (TPSA) is 105 Å². The molecule has 8 heteroatoms. The lowest BCUT2D eigenvalue weighted by Crippen LogP contribution is -2.46. The van der Waals surface area contributed by atoms with Gasteiger partial charge >= 0.3 is 12.0 Å². The van der Waals surface area contributed by atoms with Crippen LogP contribution in [-0.2, 0) is 9.53 Å². The first-order valence-corrected chi connectivity index (χ1v) is 8.48. The largest absolute Gasteiger partial charge is 0.491 e. The molecule has 1 saturated heterocycles. The highest BCUT2D eigenvalue weighted by Crippen LogP contribution is 2.42. The van der Waals surface area contributed by atoms with E-state index in [-0.39, 0.29) is 25.0 Å². The van der Waals surface area contributed by atoms with Gasteiger partial charge in [0.25, 0.3) is 5.91 Å². The van der Waals surface area contributed by atoms with Crippen molar-refractivity contribution in [2.45, 2.75) is 31.4 Å². The lowest BCUT2D eigenvalue weighted by molar-refractivity contribution is -0.132. The molecule has 2 atom stereocenters. The first kappa shape index (κ1) is 18.2. The summed E-state index contributed by atoms with van der Waals surface area (Å²) in [5.74, 6) is -0.122. The van der Waals surface area contributed by atoms with Crippen LogP contribution in [0.4, 0.5) is 4.79 Å². The fraction of sp³-hybridized carbons (Fsp3) is 0.500. The molecule has 1 heterocycles. The van der Waals surface area contributed by atoms with Crippen LogP contribution in [0.15, 0.2) is 24.3 Å². The number of urea groups is 1. The quantitative estimate of drug-likeness (QED) is 0.552. The second kappa shape index (κ2) is 6.95. The van der Waals surface area contributed by atoms with Crippen LogP contribution in [0.1, 0.15) is 30.1 Å². The number of esters is 1. The molecule has 3 amide bonds. The number of nitrogens with zero attached hydrogens (tertiary/aromatic N) is 1. The molecule has 1 saturated carbocycles. The molecule has 8 nitrogen and oxygen atoms in total. The lowest BCUT2D eigenvalue weighted by atomic mass is 9.96. The number of hydrogen-bond donors (Lipinski definition) is 2. The molecule has 2 N–H and O–H groups in total. The number of rotatable bonds is 7. The minimum absolute atomic E-state index is 0.0885. The number of nitrogens with one attached hydrogen (secondary N) is 1. The van der Waals surface area contributed by atoms with Crippen LogP contribution in [0.5, 0.6) is 5.75 Å². The highest BCUT2D eigenvalue weighted by molar-refractivity contribution is 6.07. The Morgan fingerprint density at radius 2 is 2.00 bits per heavy atom. The summed E-state index contributed by atoms with van der Waals surface area (Å²) in [6.45, 7) is 1.51. The third kappa shape index (κ3) is 3.50. The van der Waals surface area contributed by atoms with E-state index < -0.39 is 23.6 Å². The van der Waals surface area contributed by atoms with Gasteiger partial charge in [-0.15, -0.1) is 0 Å². The smallest absolute Gasteiger partial charge is 0.337 e. The maximum Gasteiger partial charge on any atom is 0.337 e. The molecule has 0 aromatic heterocycles. The number of β-amino-alcohol motifs (C(OH)–C–C–N with tert-alkyl or cyclic N) is 1. The summed E-state index contributed by atoms with van der Waals surface area (Å²) >= 11 is 0. The zero-order chi connectivity index (χ0) is 18.9. The number of imide groups is 1. The van der Waals surface area contributed by atoms with Crippen molar-refractivity contribution in [3.05, 3.63) is 29.8 Å². The molecule has 2 fully saturated rings. The Morgan fingerprint density at radius 3 is 2.58 bits per heavy atom. The van der Waals surface area contributed by atoms with Gasteiger partial charge in [0.15, 0.2) is 0 Å². The second-order valence-corrected chi connectivity index (χ2v) is 6.80. The van der Waals surface area contributed by atoms with E-state index in [9.17, 15) is 19.5 Å². The molecule has 0 unspecified atom stereocenters. The minimum Gasteiger partial charge on any atom is -0.491 e. The van der Waals surface area contributed by atoms with Gasteiger partial charge in [0.2, 0.25) is 0 Å². The summed E-state index contributed by atoms with van der Waals surface area (Å²) in [6, 6.07) is 5.78. The summed E-state index contributed by atoms with van der Waals surface area (Å²) in [6.07, 6.45) is 0.819. The number of benzene rings is 1. The second-order valence-electron chi connectivity index (χ2n) is 6.80. The van der Waals surface area contributed by atoms with Gasteiger partial charge in [0.05, 0.1) is 19.2 Å². The molecular formula is C18H22N2O6. The fourth-order valence-corrected chi connectivity index (χ4v) is 3.08. The van der Waals surface area contributed by atoms with Crippen LogP contribution in [0.2, 0.25) is 0 Å². The number of amides is 3. The molecule has 1 aliphatic carbocycles. The molecule has 0 spiro atoms. The van der Waals surface area contributed by atoms with E-state index in [1.807, 2.05) is 0 Å². The van der Waals surface area contributed by atoms with E-state index in [0.717, 1.165) is 17.7 Å². The Labute approximate surface area is 151 Å². The number of aliphatic hydroxyl groups is 1. The van der Waals surface area contributed by atoms with Crippen molar-refractivity contribution in [3.8, 4) is 5.75 Å². The molecule has 1 aromatic rings. The van der Waals surface area contributed by atoms with Gasteiger partial charge in [-0.25, -0.2) is 9.59 Å². The monoisotopic (exact) mass is 362 g/mol. The first-order chi connectivity index (χ1) is 12.3. The van der Waals surface area contributed by atoms with Crippen LogP contribution in [0.3, 0.4) is 0 Å². The highest BCUT2D eigenvalue weighted by atomic mass is 16.5. The van der Waals surface area contributed by atoms with Crippen molar-refractivity contribution in [1.82, 2.24) is 10.2 Å². The normalized spacial score (nSPS) is 23.6. The number of methoxy groups -OCH3 is 1. The SMILES string of the molecule is COC(=O)c1ccc(OC[C@@H](O)CN2C(=O)N[C@@](C)(C3CC3)C2=O)cc1. The van der Waals surface area contributed by atoms with Crippen molar-refractivity contribution < 1.29 is 29.0 Å². The third-order valence-electron chi connectivity index (χ3n) is 4.81. The van der Waals surface area contributed by atoms with E-state index in [4.69, 9.17) is 4.74 Å². The molecule has 3 rings (SSSR count). The van der Waals surface area contributed by atoms with Gasteiger partial charge in [-0.1, -0.05) is 0 Å². The van der Waals surface area contributed by atoms with Gasteiger partial charge in [-0.2, -0.15) is 0 Å². The molecule has 0 bridgehead atoms. The van der Waals surface area contributed by atoms with Gasteiger partial charge in [0.1, 0.15) is 24.0 Å². The van der Waals surface area contributed by atoms with Crippen LogP contribution >= 0.6 is 0 Å². The molecular weight excluding hydrogens is 340 g/mol. The van der Waals surface area contributed by atoms with Crippen LogP contribution < -0.4 is 10.1 Å². The predicted molar refractivity (Wildman–Crippen MR) is 90.7 cm³/mol. The molecule has 1 aliphatic heterocycles. The molecule has 140 valence electrons. The third-order valence-corrected chi connectivity index (χ3v) is 4.81. The molecule has 1 aromatic carbocycles. The molecule has 0 radical (unpaired) electrons. The van der Waals surface area contributed by atoms with Gasteiger partial charge in [0, 0.05) is 0 Å². The van der Waals surface area contributed by atoms with Crippen molar-refractivity contribution in [1.29, 1.82) is 0 Å².